The summed E-state index contributed by atoms with van der Waals surface area (Å²) in [4.78, 5) is 17.8. The molecule has 0 aromatic heterocycles. The van der Waals surface area contributed by atoms with Crippen LogP contribution in [-0.2, 0) is 4.79 Å². The van der Waals surface area contributed by atoms with Gasteiger partial charge in [0.05, 0.1) is 11.1 Å². The van der Waals surface area contributed by atoms with Crippen LogP contribution in [0.1, 0.15) is 27.7 Å². The van der Waals surface area contributed by atoms with Gasteiger partial charge in [0.15, 0.2) is 5.17 Å². The van der Waals surface area contributed by atoms with E-state index in [2.05, 4.69) is 4.99 Å². The van der Waals surface area contributed by atoms with Crippen molar-refractivity contribution in [2.45, 2.75) is 38.8 Å². The van der Waals surface area contributed by atoms with Crippen LogP contribution >= 0.6 is 11.8 Å². The molecule has 0 unspecified atom stereocenters. The van der Waals surface area contributed by atoms with E-state index >= 15 is 0 Å². The number of aliphatic imine (C=N–C) groups is 1. The highest BCUT2D eigenvalue weighted by molar-refractivity contribution is 8.13. The smallest absolute Gasteiger partial charge is 0.254 e. The summed E-state index contributed by atoms with van der Waals surface area (Å²) in [6.07, 6.45) is 1.88. The largest absolute Gasteiger partial charge is 0.387 e. The third kappa shape index (κ3) is 1.78. The van der Waals surface area contributed by atoms with Gasteiger partial charge in [0.2, 0.25) is 0 Å². The second-order valence-electron chi connectivity index (χ2n) is 4.60. The van der Waals surface area contributed by atoms with Crippen molar-refractivity contribution in [1.29, 1.82) is 0 Å². The van der Waals surface area contributed by atoms with Crippen molar-refractivity contribution in [2.24, 2.45) is 4.99 Å². The first-order valence-corrected chi connectivity index (χ1v) is 6.08. The van der Waals surface area contributed by atoms with Crippen molar-refractivity contribution in [3.63, 3.8) is 0 Å². The van der Waals surface area contributed by atoms with Crippen LogP contribution in [0, 0.1) is 0 Å². The monoisotopic (exact) mass is 230 g/mol. The average Bonchev–Trinajstić information content (AvgIpc) is 2.32. The van der Waals surface area contributed by atoms with Crippen LogP contribution in [0.2, 0.25) is 0 Å². The minimum absolute atomic E-state index is 0.293. The molecule has 0 saturated heterocycles. The lowest BCUT2D eigenvalue weighted by atomic mass is 9.83. The van der Waals surface area contributed by atoms with Crippen LogP contribution in [-0.4, -0.2) is 45.0 Å². The summed E-state index contributed by atoms with van der Waals surface area (Å²) < 4.78 is 0. The Hall–Kier alpha value is -0.550. The van der Waals surface area contributed by atoms with Crippen LogP contribution in [0.15, 0.2) is 4.99 Å². The number of nitrogens with zero attached hydrogens (tertiary/aromatic N) is 2. The Bertz CT molecular complexity index is 311. The fourth-order valence-corrected chi connectivity index (χ4v) is 2.40. The van der Waals surface area contributed by atoms with Gasteiger partial charge in [0.25, 0.3) is 5.91 Å². The lowest BCUT2D eigenvalue weighted by molar-refractivity contribution is -0.134. The Morgan fingerprint density at radius 3 is 2.40 bits per heavy atom. The van der Waals surface area contributed by atoms with Gasteiger partial charge < -0.3 is 5.11 Å². The molecule has 15 heavy (non-hydrogen) atoms. The zero-order valence-electron chi connectivity index (χ0n) is 9.87. The van der Waals surface area contributed by atoms with Gasteiger partial charge in [-0.25, -0.2) is 0 Å². The van der Waals surface area contributed by atoms with E-state index in [-0.39, 0.29) is 11.4 Å². The fraction of sp³-hybridized carbons (Fsp3) is 0.800. The van der Waals surface area contributed by atoms with Crippen molar-refractivity contribution in [3.05, 3.63) is 0 Å². The quantitative estimate of drug-likeness (QED) is 0.734. The van der Waals surface area contributed by atoms with E-state index in [0.29, 0.717) is 5.17 Å². The number of carbonyl (C=O) groups is 1. The number of amidine groups is 1. The van der Waals surface area contributed by atoms with Crippen LogP contribution in [0.3, 0.4) is 0 Å². The molecule has 1 aliphatic rings. The van der Waals surface area contributed by atoms with Crippen molar-refractivity contribution in [3.8, 4) is 0 Å². The predicted octanol–water partition coefficient (Wildman–Crippen LogP) is 1.10. The predicted molar refractivity (Wildman–Crippen MR) is 63.0 cm³/mol. The van der Waals surface area contributed by atoms with E-state index in [1.54, 1.807) is 4.90 Å². The molecular weight excluding hydrogens is 212 g/mol. The molecule has 0 aromatic rings. The first-order chi connectivity index (χ1) is 6.78. The number of amides is 1. The number of hydrogen-bond donors (Lipinski definition) is 1. The van der Waals surface area contributed by atoms with Crippen LogP contribution in [0.4, 0.5) is 0 Å². The molecule has 0 spiro atoms. The molecule has 0 atom stereocenters. The molecule has 86 valence electrons. The van der Waals surface area contributed by atoms with Gasteiger partial charge in [-0.1, -0.05) is 11.8 Å². The van der Waals surface area contributed by atoms with Gasteiger partial charge in [-0.3, -0.25) is 14.7 Å². The maximum absolute atomic E-state index is 11.7. The number of rotatable bonds is 1. The highest BCUT2D eigenvalue weighted by Gasteiger charge is 2.50. The van der Waals surface area contributed by atoms with Crippen LogP contribution < -0.4 is 0 Å². The number of aliphatic hydroxyl groups is 1. The minimum atomic E-state index is -0.473. The van der Waals surface area contributed by atoms with E-state index in [1.165, 1.54) is 11.8 Å². The molecule has 0 saturated carbocycles. The molecule has 1 N–H and O–H groups in total. The van der Waals surface area contributed by atoms with Gasteiger partial charge >= 0.3 is 0 Å². The van der Waals surface area contributed by atoms with Crippen LogP contribution in [0.25, 0.3) is 0 Å². The lowest BCUT2D eigenvalue weighted by Gasteiger charge is -2.39. The lowest BCUT2D eigenvalue weighted by Crippen LogP contribution is -2.55. The summed E-state index contributed by atoms with van der Waals surface area (Å²) in [6.45, 7) is 7.45. The molecular formula is C10H18N2O2S. The summed E-state index contributed by atoms with van der Waals surface area (Å²) in [5.74, 6) is -0.293. The Morgan fingerprint density at radius 2 is 2.00 bits per heavy atom. The summed E-state index contributed by atoms with van der Waals surface area (Å²) in [5, 5.41) is 9.64. The average molecular weight is 230 g/mol. The van der Waals surface area contributed by atoms with Gasteiger partial charge in [-0.15, -0.1) is 0 Å². The van der Waals surface area contributed by atoms with Gasteiger partial charge in [-0.05, 0) is 34.0 Å². The standard InChI is InChI=1S/C10H18N2O2S/c1-9(2)10(3,4)12(7(14)6-13)8(11-9)15-5/h13H,6H2,1-5H3. The summed E-state index contributed by atoms with van der Waals surface area (Å²) in [5.41, 5.74) is -0.721. The van der Waals surface area contributed by atoms with E-state index in [4.69, 9.17) is 5.11 Å². The van der Waals surface area contributed by atoms with E-state index in [0.717, 1.165) is 0 Å². The Balaban J connectivity index is 3.15. The summed E-state index contributed by atoms with van der Waals surface area (Å²) in [7, 11) is 0. The highest BCUT2D eigenvalue weighted by atomic mass is 32.2. The normalized spacial score (nSPS) is 22.8. The second-order valence-corrected chi connectivity index (χ2v) is 5.38. The molecule has 0 fully saturated rings. The zero-order chi connectivity index (χ0) is 11.9. The van der Waals surface area contributed by atoms with E-state index in [1.807, 2.05) is 34.0 Å². The van der Waals surface area contributed by atoms with Crippen molar-refractivity contribution in [2.75, 3.05) is 12.9 Å². The topological polar surface area (TPSA) is 52.9 Å². The maximum atomic E-state index is 11.7. The SMILES string of the molecule is CSC1=NC(C)(C)C(C)(C)N1C(=O)CO. The number of aliphatic hydroxyl groups excluding tert-OH is 1. The first-order valence-electron chi connectivity index (χ1n) is 4.85. The Kier molecular flexibility index (Phi) is 3.16. The third-order valence-corrected chi connectivity index (χ3v) is 3.83. The van der Waals surface area contributed by atoms with Crippen molar-refractivity contribution < 1.29 is 9.90 Å². The molecule has 1 rings (SSSR count). The fourth-order valence-electron chi connectivity index (χ4n) is 1.56. The molecule has 0 aromatic carbocycles. The number of thioether (sulfide) groups is 1. The molecule has 1 aliphatic heterocycles. The van der Waals surface area contributed by atoms with Gasteiger partial charge in [0.1, 0.15) is 6.61 Å². The van der Waals surface area contributed by atoms with Crippen molar-refractivity contribution in [1.82, 2.24) is 4.90 Å². The zero-order valence-corrected chi connectivity index (χ0v) is 10.7. The molecule has 4 nitrogen and oxygen atoms in total. The van der Waals surface area contributed by atoms with Crippen LogP contribution in [0.5, 0.6) is 0 Å². The minimum Gasteiger partial charge on any atom is -0.387 e. The van der Waals surface area contributed by atoms with E-state index < -0.39 is 12.1 Å². The summed E-state index contributed by atoms with van der Waals surface area (Å²) >= 11 is 1.43. The molecule has 5 heteroatoms. The first kappa shape index (κ1) is 12.5. The van der Waals surface area contributed by atoms with Gasteiger partial charge in [-0.2, -0.15) is 0 Å². The van der Waals surface area contributed by atoms with Crippen molar-refractivity contribution >= 4 is 22.8 Å². The second kappa shape index (κ2) is 3.79. The maximum Gasteiger partial charge on any atom is 0.254 e. The molecule has 0 aliphatic carbocycles. The molecule has 0 radical (unpaired) electrons. The van der Waals surface area contributed by atoms with E-state index in [9.17, 15) is 4.79 Å². The molecule has 1 amide bonds. The highest BCUT2D eigenvalue weighted by Crippen LogP contribution is 2.39. The Labute approximate surface area is 94.8 Å². The summed E-state index contributed by atoms with van der Waals surface area (Å²) in [6, 6.07) is 0. The molecule has 1 heterocycles. The number of hydrogen-bond acceptors (Lipinski definition) is 4. The third-order valence-electron chi connectivity index (χ3n) is 3.19. The Morgan fingerprint density at radius 1 is 1.47 bits per heavy atom. The molecule has 0 bridgehead atoms. The van der Waals surface area contributed by atoms with Gasteiger partial charge in [0, 0.05) is 0 Å². The number of carbonyl (C=O) groups excluding carboxylic acids is 1.